The van der Waals surface area contributed by atoms with Gasteiger partial charge in [-0.3, -0.25) is 9.59 Å². The van der Waals surface area contributed by atoms with Gasteiger partial charge in [0.05, 0.1) is 11.5 Å². The second-order valence-electron chi connectivity index (χ2n) is 4.51. The molecule has 0 aliphatic carbocycles. The van der Waals surface area contributed by atoms with Crippen molar-refractivity contribution in [1.82, 2.24) is 10.2 Å². The highest BCUT2D eigenvalue weighted by Gasteiger charge is 2.25. The predicted octanol–water partition coefficient (Wildman–Crippen LogP) is 1.49. The second-order valence-corrected chi connectivity index (χ2v) is 5.46. The Morgan fingerprint density at radius 2 is 2.00 bits per heavy atom. The van der Waals surface area contributed by atoms with Gasteiger partial charge < -0.3 is 15.3 Å². The van der Waals surface area contributed by atoms with E-state index in [0.29, 0.717) is 18.0 Å². The van der Waals surface area contributed by atoms with Crippen molar-refractivity contribution in [2.75, 3.05) is 19.7 Å². The lowest BCUT2D eigenvalue weighted by Gasteiger charge is -2.26. The molecule has 2 N–H and O–H groups in total. The summed E-state index contributed by atoms with van der Waals surface area (Å²) in [5.41, 5.74) is 0. The summed E-state index contributed by atoms with van der Waals surface area (Å²) in [4.78, 5) is 26.5. The molecule has 0 fully saturated rings. The van der Waals surface area contributed by atoms with Crippen molar-refractivity contribution in [3.05, 3.63) is 22.4 Å². The zero-order valence-electron chi connectivity index (χ0n) is 12.0. The van der Waals surface area contributed by atoms with Gasteiger partial charge in [-0.15, -0.1) is 11.3 Å². The monoisotopic (exact) mass is 298 g/mol. The third-order valence-electron chi connectivity index (χ3n) is 2.83. The predicted molar refractivity (Wildman–Crippen MR) is 79.8 cm³/mol. The first-order valence-electron chi connectivity index (χ1n) is 6.88. The highest BCUT2D eigenvalue weighted by atomic mass is 32.1. The van der Waals surface area contributed by atoms with Gasteiger partial charge >= 0.3 is 0 Å². The number of carbonyl (C=O) groups is 2. The van der Waals surface area contributed by atoms with Crippen molar-refractivity contribution in [2.45, 2.75) is 32.7 Å². The molecule has 0 aromatic carbocycles. The summed E-state index contributed by atoms with van der Waals surface area (Å²) < 4.78 is 0. The number of hydrogen-bond acceptors (Lipinski definition) is 4. The molecular weight excluding hydrogens is 276 g/mol. The highest BCUT2D eigenvalue weighted by molar-refractivity contribution is 7.12. The molecule has 6 heteroatoms. The van der Waals surface area contributed by atoms with E-state index in [1.807, 2.05) is 13.8 Å². The highest BCUT2D eigenvalue weighted by Crippen LogP contribution is 2.09. The molecule has 20 heavy (non-hydrogen) atoms. The summed E-state index contributed by atoms with van der Waals surface area (Å²) in [7, 11) is 0. The van der Waals surface area contributed by atoms with Crippen molar-refractivity contribution in [1.29, 1.82) is 0 Å². The Bertz CT molecular complexity index is 414. The van der Waals surface area contributed by atoms with Gasteiger partial charge in [-0.05, 0) is 24.3 Å². The van der Waals surface area contributed by atoms with Gasteiger partial charge in [-0.25, -0.2) is 0 Å². The first-order chi connectivity index (χ1) is 9.63. The number of carbonyl (C=O) groups excluding carboxylic acids is 2. The van der Waals surface area contributed by atoms with Crippen molar-refractivity contribution in [2.24, 2.45) is 0 Å². The van der Waals surface area contributed by atoms with E-state index in [9.17, 15) is 14.7 Å². The third kappa shape index (κ3) is 4.61. The fourth-order valence-corrected chi connectivity index (χ4v) is 2.54. The largest absolute Gasteiger partial charge is 0.394 e. The molecule has 0 aliphatic heterocycles. The Morgan fingerprint density at radius 1 is 1.35 bits per heavy atom. The minimum Gasteiger partial charge on any atom is -0.394 e. The molecule has 1 rings (SSSR count). The Morgan fingerprint density at radius 3 is 2.45 bits per heavy atom. The molecule has 1 aromatic heterocycles. The molecule has 1 unspecified atom stereocenters. The number of aliphatic hydroxyl groups is 1. The Balaban J connectivity index is 2.68. The van der Waals surface area contributed by atoms with Crippen LogP contribution in [-0.2, 0) is 4.79 Å². The molecule has 0 radical (unpaired) electrons. The molecule has 1 aromatic rings. The van der Waals surface area contributed by atoms with E-state index in [-0.39, 0.29) is 18.4 Å². The Kier molecular flexibility index (Phi) is 7.25. The number of nitrogens with one attached hydrogen (secondary N) is 1. The fourth-order valence-electron chi connectivity index (χ4n) is 1.92. The first kappa shape index (κ1) is 16.7. The number of hydrogen-bond donors (Lipinski definition) is 2. The first-order valence-corrected chi connectivity index (χ1v) is 7.76. The lowest BCUT2D eigenvalue weighted by Crippen LogP contribution is -2.50. The van der Waals surface area contributed by atoms with E-state index >= 15 is 0 Å². The van der Waals surface area contributed by atoms with E-state index in [1.54, 1.807) is 22.4 Å². The van der Waals surface area contributed by atoms with Crippen LogP contribution in [0, 0.1) is 0 Å². The maximum absolute atomic E-state index is 12.3. The number of aliphatic hydroxyl groups excluding tert-OH is 1. The number of nitrogens with zero attached hydrogens (tertiary/aromatic N) is 1. The van der Waals surface area contributed by atoms with Crippen LogP contribution < -0.4 is 5.32 Å². The Hall–Kier alpha value is -1.40. The van der Waals surface area contributed by atoms with Crippen LogP contribution in [0.5, 0.6) is 0 Å². The van der Waals surface area contributed by atoms with Gasteiger partial charge in [-0.1, -0.05) is 19.9 Å². The van der Waals surface area contributed by atoms with Crippen LogP contribution in [0.3, 0.4) is 0 Å². The maximum Gasteiger partial charge on any atom is 0.262 e. The topological polar surface area (TPSA) is 69.6 Å². The minimum atomic E-state index is -0.873. The van der Waals surface area contributed by atoms with Gasteiger partial charge in [0.1, 0.15) is 6.04 Å². The summed E-state index contributed by atoms with van der Waals surface area (Å²) >= 11 is 1.31. The molecule has 112 valence electrons. The normalized spacial score (nSPS) is 11.9. The van der Waals surface area contributed by atoms with Crippen molar-refractivity contribution in [3.8, 4) is 0 Å². The summed E-state index contributed by atoms with van der Waals surface area (Å²) in [5, 5.41) is 13.8. The molecule has 0 bridgehead atoms. The molecule has 1 heterocycles. The van der Waals surface area contributed by atoms with Crippen LogP contribution in [0.4, 0.5) is 0 Å². The summed E-state index contributed by atoms with van der Waals surface area (Å²) in [6, 6.07) is 2.59. The third-order valence-corrected chi connectivity index (χ3v) is 3.70. The molecule has 0 aliphatic rings. The smallest absolute Gasteiger partial charge is 0.262 e. The molecule has 5 nitrogen and oxygen atoms in total. The zero-order valence-corrected chi connectivity index (χ0v) is 12.8. The van der Waals surface area contributed by atoms with Crippen LogP contribution in [0.15, 0.2) is 17.5 Å². The fraction of sp³-hybridized carbons (Fsp3) is 0.571. The van der Waals surface area contributed by atoms with E-state index in [1.165, 1.54) is 11.3 Å². The van der Waals surface area contributed by atoms with Crippen LogP contribution in [-0.4, -0.2) is 47.6 Å². The minimum absolute atomic E-state index is 0.221. The molecule has 0 saturated carbocycles. The standard InChI is InChI=1S/C14H22N2O3S/c1-3-7-16(8-4-2)14(19)11(10-17)15-13(18)12-6-5-9-20-12/h5-6,9,11,17H,3-4,7-8,10H2,1-2H3,(H,15,18). The van der Waals surface area contributed by atoms with Crippen molar-refractivity contribution < 1.29 is 14.7 Å². The van der Waals surface area contributed by atoms with E-state index in [0.717, 1.165) is 12.8 Å². The average Bonchev–Trinajstić information content (AvgIpc) is 2.97. The summed E-state index contributed by atoms with van der Waals surface area (Å²) in [6.07, 6.45) is 1.70. The van der Waals surface area contributed by atoms with E-state index in [4.69, 9.17) is 0 Å². The number of amides is 2. The molecule has 0 saturated heterocycles. The molecule has 1 atom stereocenters. The van der Waals surface area contributed by atoms with E-state index < -0.39 is 6.04 Å². The number of thiophene rings is 1. The van der Waals surface area contributed by atoms with Crippen LogP contribution in [0.25, 0.3) is 0 Å². The maximum atomic E-state index is 12.3. The van der Waals surface area contributed by atoms with Gasteiger partial charge in [0.25, 0.3) is 5.91 Å². The zero-order chi connectivity index (χ0) is 15.0. The molecular formula is C14H22N2O3S. The summed E-state index contributed by atoms with van der Waals surface area (Å²) in [5.74, 6) is -0.540. The molecule has 0 spiro atoms. The average molecular weight is 298 g/mol. The van der Waals surface area contributed by atoms with Gasteiger partial charge in [0.2, 0.25) is 5.91 Å². The Labute approximate surface area is 123 Å². The van der Waals surface area contributed by atoms with Crippen LogP contribution in [0.2, 0.25) is 0 Å². The molecule has 2 amide bonds. The van der Waals surface area contributed by atoms with Crippen LogP contribution >= 0.6 is 11.3 Å². The SMILES string of the molecule is CCCN(CCC)C(=O)C(CO)NC(=O)c1cccs1. The van der Waals surface area contributed by atoms with Gasteiger partial charge in [0.15, 0.2) is 0 Å². The summed E-state index contributed by atoms with van der Waals surface area (Å²) in [6.45, 7) is 4.87. The quantitative estimate of drug-likeness (QED) is 0.764. The van der Waals surface area contributed by atoms with Crippen LogP contribution in [0.1, 0.15) is 36.4 Å². The van der Waals surface area contributed by atoms with Crippen molar-refractivity contribution in [3.63, 3.8) is 0 Å². The van der Waals surface area contributed by atoms with Gasteiger partial charge in [0, 0.05) is 13.1 Å². The number of rotatable bonds is 8. The van der Waals surface area contributed by atoms with E-state index in [2.05, 4.69) is 5.32 Å². The second kappa shape index (κ2) is 8.71. The lowest BCUT2D eigenvalue weighted by atomic mass is 10.2. The van der Waals surface area contributed by atoms with Gasteiger partial charge in [-0.2, -0.15) is 0 Å². The van der Waals surface area contributed by atoms with Crippen molar-refractivity contribution >= 4 is 23.2 Å². The lowest BCUT2D eigenvalue weighted by molar-refractivity contribution is -0.134.